The molecule has 2 saturated heterocycles. The number of β-lactam (4-membered cyclic amide) rings is 1. The van der Waals surface area contributed by atoms with Crippen LogP contribution >= 0.6 is 11.8 Å². The zero-order valence-electron chi connectivity index (χ0n) is 28.9. The molecule has 4 N–H and O–H groups in total. The Labute approximate surface area is 311 Å². The van der Waals surface area contributed by atoms with Crippen LogP contribution in [0.2, 0.25) is 0 Å². The Bertz CT molecular complexity index is 2100. The summed E-state index contributed by atoms with van der Waals surface area (Å²) in [6.07, 6.45) is -0.400. The molecule has 17 nitrogen and oxygen atoms in total. The molecule has 0 bridgehead atoms. The molecule has 5 unspecified atom stereocenters. The number of aliphatic hydroxyl groups is 1. The lowest BCUT2D eigenvalue weighted by atomic mass is 9.79. The minimum atomic E-state index is -1.38. The molecule has 282 valence electrons. The number of thioether (sulfide) groups is 1. The molecule has 0 radical (unpaired) electrons. The van der Waals surface area contributed by atoms with Crippen molar-refractivity contribution in [3.8, 4) is 5.75 Å². The molecule has 3 amide bonds. The summed E-state index contributed by atoms with van der Waals surface area (Å²) in [5.74, 6) is -5.10. The van der Waals surface area contributed by atoms with E-state index in [1.54, 1.807) is 31.2 Å². The van der Waals surface area contributed by atoms with Crippen LogP contribution in [0.15, 0.2) is 71.8 Å². The lowest BCUT2D eigenvalue weighted by Crippen LogP contribution is -2.63. The number of nitro groups is 1. The standard InChI is InChI=1S/C36H35N5O12S/c1-4-11-52-22-9-10-25-20(12-22)13-24(34(45)46)31(37-25)38-32(43)26-14-23(15-39(26)36(49)53-16-19-5-7-21(8-6-19)41(50)51)54-30-17(2)28-27(18(3)42)33(44)40(28)29(30)35(47)48/h4-10,12-13,17-18,23,26-28,42H,1,11,14-16H2,2-3H3,(H,45,46)(H,47,48)(H,37,38,43)/t17?,18?,23?,26?,27?,28-/m1/s1. The Morgan fingerprint density at radius 1 is 1.15 bits per heavy atom. The molecule has 4 heterocycles. The Morgan fingerprint density at radius 2 is 1.87 bits per heavy atom. The summed E-state index contributed by atoms with van der Waals surface area (Å²) in [6, 6.07) is 9.65. The number of non-ortho nitro benzene ring substituents is 1. The molecule has 6 atom stereocenters. The summed E-state index contributed by atoms with van der Waals surface area (Å²) in [5, 5.41) is 43.9. The number of likely N-dealkylation sites (tertiary alicyclic amines) is 1. The first kappa shape index (κ1) is 37.7. The van der Waals surface area contributed by atoms with Crippen molar-refractivity contribution >= 4 is 64.0 Å². The second-order valence-electron chi connectivity index (χ2n) is 13.0. The summed E-state index contributed by atoms with van der Waals surface area (Å²) in [4.78, 5) is 82.8. The van der Waals surface area contributed by atoms with Gasteiger partial charge in [0.2, 0.25) is 11.8 Å². The average Bonchev–Trinajstić information content (AvgIpc) is 3.66. The zero-order valence-corrected chi connectivity index (χ0v) is 29.7. The van der Waals surface area contributed by atoms with Gasteiger partial charge < -0.3 is 35.0 Å². The smallest absolute Gasteiger partial charge is 0.410 e. The van der Waals surface area contributed by atoms with Crippen LogP contribution in [0, 0.1) is 22.0 Å². The third-order valence-corrected chi connectivity index (χ3v) is 11.0. The van der Waals surface area contributed by atoms with E-state index in [-0.39, 0.29) is 48.9 Å². The summed E-state index contributed by atoms with van der Waals surface area (Å²) in [7, 11) is 0. The van der Waals surface area contributed by atoms with Gasteiger partial charge in [-0.25, -0.2) is 19.4 Å². The first-order valence-electron chi connectivity index (χ1n) is 16.7. The fourth-order valence-electron chi connectivity index (χ4n) is 6.99. The van der Waals surface area contributed by atoms with Crippen LogP contribution in [-0.2, 0) is 25.7 Å². The van der Waals surface area contributed by atoms with Gasteiger partial charge in [-0.05, 0) is 55.3 Å². The number of carboxylic acids is 2. The summed E-state index contributed by atoms with van der Waals surface area (Å²) < 4.78 is 11.0. The Morgan fingerprint density at radius 3 is 2.50 bits per heavy atom. The number of aromatic nitrogens is 1. The number of fused-ring (bicyclic) bond motifs is 2. The SMILES string of the molecule is C=CCOc1ccc2nc(NC(=O)C3CC(SC4=C(C(=O)O)N5C(=O)C(C(C)O)[C@H]5C4C)CN3C(=O)OCc3ccc([N+](=O)[O-])cc3)c(C(=O)O)cc2c1. The monoisotopic (exact) mass is 761 g/mol. The number of amides is 3. The number of carbonyl (C=O) groups excluding carboxylic acids is 3. The second-order valence-corrected chi connectivity index (χ2v) is 14.4. The average molecular weight is 762 g/mol. The highest BCUT2D eigenvalue weighted by molar-refractivity contribution is 8.03. The highest BCUT2D eigenvalue weighted by Crippen LogP contribution is 2.52. The molecular weight excluding hydrogens is 726 g/mol. The van der Waals surface area contributed by atoms with E-state index in [9.17, 15) is 49.4 Å². The maximum atomic E-state index is 14.0. The van der Waals surface area contributed by atoms with E-state index in [2.05, 4.69) is 16.9 Å². The number of anilines is 1. The third-order valence-electron chi connectivity index (χ3n) is 9.54. The molecule has 3 aliphatic rings. The number of pyridine rings is 1. The highest BCUT2D eigenvalue weighted by Gasteiger charge is 2.60. The Kier molecular flexibility index (Phi) is 10.6. The molecular formula is C36H35N5O12S. The van der Waals surface area contributed by atoms with Crippen molar-refractivity contribution in [3.05, 3.63) is 93.0 Å². The number of hydrogen-bond donors (Lipinski definition) is 4. The largest absolute Gasteiger partial charge is 0.490 e. The fourth-order valence-corrected chi connectivity index (χ4v) is 8.52. The van der Waals surface area contributed by atoms with Gasteiger partial charge in [-0.2, -0.15) is 0 Å². The summed E-state index contributed by atoms with van der Waals surface area (Å²) in [5.41, 5.74) is 0.0732. The van der Waals surface area contributed by atoms with Crippen LogP contribution in [0.3, 0.4) is 0 Å². The van der Waals surface area contributed by atoms with E-state index in [1.165, 1.54) is 42.2 Å². The number of aliphatic hydroxyl groups excluding tert-OH is 1. The third kappa shape index (κ3) is 7.16. The molecule has 0 saturated carbocycles. The quantitative estimate of drug-likeness (QED) is 0.0833. The molecule has 0 aliphatic carbocycles. The zero-order chi connectivity index (χ0) is 39.0. The second kappa shape index (κ2) is 15.2. The number of nitro benzene ring substituents is 1. The van der Waals surface area contributed by atoms with E-state index >= 15 is 0 Å². The number of ether oxygens (including phenoxy) is 2. The van der Waals surface area contributed by atoms with Gasteiger partial charge in [0.05, 0.1) is 28.5 Å². The van der Waals surface area contributed by atoms with Crippen LogP contribution in [0.25, 0.3) is 10.9 Å². The van der Waals surface area contributed by atoms with E-state index in [4.69, 9.17) is 9.47 Å². The fraction of sp³-hybridized carbons (Fsp3) is 0.333. The summed E-state index contributed by atoms with van der Waals surface area (Å²) >= 11 is 1.11. The maximum absolute atomic E-state index is 14.0. The van der Waals surface area contributed by atoms with Crippen LogP contribution in [0.5, 0.6) is 5.75 Å². The van der Waals surface area contributed by atoms with Crippen molar-refractivity contribution in [1.82, 2.24) is 14.8 Å². The van der Waals surface area contributed by atoms with E-state index in [0.717, 1.165) is 16.7 Å². The molecule has 3 aliphatic heterocycles. The van der Waals surface area contributed by atoms with Crippen LogP contribution < -0.4 is 10.1 Å². The van der Waals surface area contributed by atoms with Gasteiger partial charge in [0, 0.05) is 40.1 Å². The van der Waals surface area contributed by atoms with Gasteiger partial charge in [-0.1, -0.05) is 19.6 Å². The van der Waals surface area contributed by atoms with Crippen molar-refractivity contribution in [3.63, 3.8) is 0 Å². The number of aromatic carboxylic acids is 1. The van der Waals surface area contributed by atoms with Gasteiger partial charge in [0.25, 0.3) is 5.69 Å². The minimum Gasteiger partial charge on any atom is -0.490 e. The van der Waals surface area contributed by atoms with Crippen LogP contribution in [0.4, 0.5) is 16.3 Å². The van der Waals surface area contributed by atoms with Gasteiger partial charge in [-0.3, -0.25) is 24.6 Å². The number of carboxylic acid groups (broad SMARTS) is 2. The molecule has 6 rings (SSSR count). The van der Waals surface area contributed by atoms with Crippen molar-refractivity contribution in [2.24, 2.45) is 11.8 Å². The number of benzene rings is 2. The maximum Gasteiger partial charge on any atom is 0.410 e. The van der Waals surface area contributed by atoms with Gasteiger partial charge in [0.15, 0.2) is 0 Å². The lowest BCUT2D eigenvalue weighted by molar-refractivity contribution is -0.384. The minimum absolute atomic E-state index is 0.0231. The lowest BCUT2D eigenvalue weighted by Gasteiger charge is -2.46. The van der Waals surface area contributed by atoms with Gasteiger partial charge in [-0.15, -0.1) is 11.8 Å². The van der Waals surface area contributed by atoms with Crippen molar-refractivity contribution in [1.29, 1.82) is 0 Å². The van der Waals surface area contributed by atoms with Crippen molar-refractivity contribution in [2.75, 3.05) is 18.5 Å². The summed E-state index contributed by atoms with van der Waals surface area (Å²) in [6.45, 7) is 6.64. The van der Waals surface area contributed by atoms with E-state index in [1.807, 2.05) is 0 Å². The number of hydrogen-bond acceptors (Lipinski definition) is 12. The number of nitrogens with zero attached hydrogens (tertiary/aromatic N) is 4. The molecule has 2 fully saturated rings. The molecule has 54 heavy (non-hydrogen) atoms. The van der Waals surface area contributed by atoms with Crippen LogP contribution in [0.1, 0.15) is 36.2 Å². The molecule has 2 aromatic carbocycles. The topological polar surface area (TPSA) is 239 Å². The Balaban J connectivity index is 1.27. The predicted molar refractivity (Wildman–Crippen MR) is 192 cm³/mol. The van der Waals surface area contributed by atoms with Crippen molar-refractivity contribution < 1.29 is 53.7 Å². The molecule has 0 spiro atoms. The highest BCUT2D eigenvalue weighted by atomic mass is 32.2. The normalized spacial score (nSPS) is 22.4. The molecule has 3 aromatic rings. The molecule has 1 aromatic heterocycles. The number of carbonyl (C=O) groups is 5. The van der Waals surface area contributed by atoms with Gasteiger partial charge >= 0.3 is 18.0 Å². The number of nitrogens with one attached hydrogen (secondary N) is 1. The van der Waals surface area contributed by atoms with Gasteiger partial charge in [0.1, 0.15) is 42.1 Å². The number of aliphatic carboxylic acids is 1. The van der Waals surface area contributed by atoms with E-state index in [0.29, 0.717) is 27.1 Å². The first-order valence-corrected chi connectivity index (χ1v) is 17.6. The Hall–Kier alpha value is -6.01. The molecule has 18 heteroatoms. The first-order chi connectivity index (χ1) is 25.7. The predicted octanol–water partition coefficient (Wildman–Crippen LogP) is 4.01. The van der Waals surface area contributed by atoms with Crippen molar-refractivity contribution in [2.45, 2.75) is 50.3 Å². The number of rotatable bonds is 13. The van der Waals surface area contributed by atoms with Crippen LogP contribution in [-0.4, -0.2) is 101 Å². The van der Waals surface area contributed by atoms with E-state index < -0.39 is 70.0 Å².